The van der Waals surface area contributed by atoms with E-state index in [9.17, 15) is 13.6 Å². The van der Waals surface area contributed by atoms with E-state index in [0.717, 1.165) is 41.0 Å². The number of rotatable bonds is 10. The molecule has 1 saturated carbocycles. The monoisotopic (exact) mass is 588 g/mol. The van der Waals surface area contributed by atoms with Gasteiger partial charge in [-0.05, 0) is 42.9 Å². The maximum Gasteiger partial charge on any atom is 0.318 e. The number of carbonyl (C=O) groups is 1. The molecule has 1 amide bonds. The van der Waals surface area contributed by atoms with Crippen molar-refractivity contribution in [2.45, 2.75) is 38.0 Å². The Labute approximate surface area is 249 Å². The first-order valence-corrected chi connectivity index (χ1v) is 14.7. The highest BCUT2D eigenvalue weighted by Crippen LogP contribution is 2.35. The van der Waals surface area contributed by atoms with Crippen molar-refractivity contribution >= 4 is 28.2 Å². The number of piperazine rings is 1. The van der Waals surface area contributed by atoms with Crippen molar-refractivity contribution in [2.24, 2.45) is 0 Å². The summed E-state index contributed by atoms with van der Waals surface area (Å²) in [5, 5.41) is 1.42. The summed E-state index contributed by atoms with van der Waals surface area (Å²) >= 11 is 0. The molecule has 2 fully saturated rings. The largest absolute Gasteiger partial charge is 0.461 e. The number of benzene rings is 2. The van der Waals surface area contributed by atoms with Gasteiger partial charge in [-0.15, -0.1) is 0 Å². The Morgan fingerprint density at radius 1 is 1.09 bits per heavy atom. The second kappa shape index (κ2) is 12.9. The summed E-state index contributed by atoms with van der Waals surface area (Å²) in [6, 6.07) is 10.8. The van der Waals surface area contributed by atoms with Gasteiger partial charge in [-0.3, -0.25) is 4.79 Å². The van der Waals surface area contributed by atoms with Crippen molar-refractivity contribution in [3.63, 3.8) is 0 Å². The highest BCUT2D eigenvalue weighted by molar-refractivity contribution is 5.95. The van der Waals surface area contributed by atoms with Crippen LogP contribution in [0, 0.1) is 12.4 Å². The van der Waals surface area contributed by atoms with Crippen molar-refractivity contribution in [1.29, 1.82) is 0 Å². The fraction of sp³-hybridized carbons (Fsp3) is 0.438. The molecule has 0 radical (unpaired) electrons. The van der Waals surface area contributed by atoms with E-state index < -0.39 is 6.67 Å². The van der Waals surface area contributed by atoms with Gasteiger partial charge in [0, 0.05) is 48.9 Å². The number of halogens is 2. The molecule has 1 aliphatic carbocycles. The fourth-order valence-corrected chi connectivity index (χ4v) is 5.88. The van der Waals surface area contributed by atoms with Crippen molar-refractivity contribution < 1.29 is 23.0 Å². The van der Waals surface area contributed by atoms with Crippen molar-refractivity contribution in [1.82, 2.24) is 14.9 Å². The summed E-state index contributed by atoms with van der Waals surface area (Å²) in [4.78, 5) is 31.8. The van der Waals surface area contributed by atoms with Crippen molar-refractivity contribution in [3.8, 4) is 6.01 Å². The van der Waals surface area contributed by atoms with Crippen molar-refractivity contribution in [3.05, 3.63) is 77.0 Å². The van der Waals surface area contributed by atoms with Gasteiger partial charge in [-0.25, -0.2) is 15.4 Å². The number of ether oxygens (including phenoxy) is 2. The lowest BCUT2D eigenvalue weighted by molar-refractivity contribution is -0.128. The van der Waals surface area contributed by atoms with Crippen LogP contribution in [-0.2, 0) is 22.5 Å². The van der Waals surface area contributed by atoms with E-state index in [4.69, 9.17) is 26.0 Å². The molecule has 1 atom stereocenters. The minimum Gasteiger partial charge on any atom is -0.461 e. The number of allylic oxidation sites excluding steroid dienone is 1. The zero-order valence-electron chi connectivity index (χ0n) is 23.9. The van der Waals surface area contributed by atoms with Crippen LogP contribution >= 0.6 is 0 Å². The first kappa shape index (κ1) is 28.8. The third kappa shape index (κ3) is 6.39. The molecule has 0 spiro atoms. The number of hydrogen-bond donors (Lipinski definition) is 0. The smallest absolute Gasteiger partial charge is 0.318 e. The highest BCUT2D eigenvalue weighted by atomic mass is 19.1. The van der Waals surface area contributed by atoms with Gasteiger partial charge in [-0.2, -0.15) is 9.97 Å². The van der Waals surface area contributed by atoms with E-state index in [1.54, 1.807) is 11.0 Å². The number of hydrogen-bond acceptors (Lipinski definition) is 7. The maximum absolute atomic E-state index is 15.0. The van der Waals surface area contributed by atoms with E-state index in [1.807, 2.05) is 24.3 Å². The lowest BCUT2D eigenvalue weighted by Crippen LogP contribution is -2.56. The first-order valence-electron chi connectivity index (χ1n) is 14.7. The van der Waals surface area contributed by atoms with E-state index in [1.165, 1.54) is 18.2 Å². The maximum atomic E-state index is 15.0. The van der Waals surface area contributed by atoms with Gasteiger partial charge in [0.2, 0.25) is 12.5 Å². The molecule has 0 bridgehead atoms. The van der Waals surface area contributed by atoms with Gasteiger partial charge in [0.1, 0.15) is 31.0 Å². The van der Waals surface area contributed by atoms with Crippen LogP contribution in [0.1, 0.15) is 24.1 Å². The second-order valence-electron chi connectivity index (χ2n) is 11.0. The minimum atomic E-state index is -0.719. The molecule has 1 saturated heterocycles. The predicted molar refractivity (Wildman–Crippen MR) is 159 cm³/mol. The zero-order valence-corrected chi connectivity index (χ0v) is 23.9. The van der Waals surface area contributed by atoms with Crippen molar-refractivity contribution in [2.75, 3.05) is 62.4 Å². The summed E-state index contributed by atoms with van der Waals surface area (Å²) in [5.41, 5.74) is 2.60. The standard InChI is InChI=1S/C32H34F2N6O3/c1-35-19-23-20-39(15-16-40(23)29(41)9-4-13-33)31-25-12-14-38(28-8-3-6-22-5-2-7-26(34)30(22)28)21-27(25)36-32(37-31)43-18-17-42-24-10-11-24/h2-9,23-24H,10-21H2/b9-4+/t23-/m0/s1. The SMILES string of the molecule is [C-]#[N+]C[C@H]1CN(c2nc(OCCOC3CC3)nc3c2CCN(c2cccc4cccc(F)c24)C3)CCN1C(=O)/C=C/CF. The minimum absolute atomic E-state index is 0.126. The molecule has 1 aromatic heterocycles. The van der Waals surface area contributed by atoms with Gasteiger partial charge < -0.3 is 29.0 Å². The first-order chi connectivity index (χ1) is 21.1. The van der Waals surface area contributed by atoms with Gasteiger partial charge in [0.05, 0.1) is 24.9 Å². The van der Waals surface area contributed by atoms with E-state index in [2.05, 4.69) is 14.6 Å². The number of alkyl halides is 1. The molecular formula is C32H34F2N6O3. The van der Waals surface area contributed by atoms with E-state index in [0.29, 0.717) is 63.8 Å². The van der Waals surface area contributed by atoms with Crippen LogP contribution in [0.5, 0.6) is 6.01 Å². The second-order valence-corrected chi connectivity index (χ2v) is 11.0. The number of carbonyl (C=O) groups excluding carboxylic acids is 1. The average molecular weight is 589 g/mol. The number of amides is 1. The van der Waals surface area contributed by atoms with Gasteiger partial charge >= 0.3 is 6.01 Å². The van der Waals surface area contributed by atoms with Gasteiger partial charge in [0.15, 0.2) is 0 Å². The van der Waals surface area contributed by atoms with Crippen LogP contribution in [0.2, 0.25) is 0 Å². The molecule has 43 heavy (non-hydrogen) atoms. The quantitative estimate of drug-likeness (QED) is 0.198. The summed E-state index contributed by atoms with van der Waals surface area (Å²) in [6.07, 6.45) is 5.53. The summed E-state index contributed by atoms with van der Waals surface area (Å²) in [7, 11) is 0. The Kier molecular flexibility index (Phi) is 8.65. The number of fused-ring (bicyclic) bond motifs is 2. The summed E-state index contributed by atoms with van der Waals surface area (Å²) in [5.74, 6) is 0.170. The Morgan fingerprint density at radius 3 is 2.72 bits per heavy atom. The molecule has 11 heteroatoms. The fourth-order valence-electron chi connectivity index (χ4n) is 5.88. The third-order valence-corrected chi connectivity index (χ3v) is 8.10. The molecule has 9 nitrogen and oxygen atoms in total. The Balaban J connectivity index is 1.29. The van der Waals surface area contributed by atoms with Crippen LogP contribution in [0.25, 0.3) is 15.6 Å². The molecule has 3 aliphatic rings. The van der Waals surface area contributed by atoms with Crippen LogP contribution in [-0.4, -0.2) is 85.5 Å². The predicted octanol–water partition coefficient (Wildman–Crippen LogP) is 4.35. The molecular weight excluding hydrogens is 554 g/mol. The summed E-state index contributed by atoms with van der Waals surface area (Å²) in [6.45, 7) is 10.0. The molecule has 3 aromatic rings. The van der Waals surface area contributed by atoms with Gasteiger partial charge in [-0.1, -0.05) is 24.3 Å². The Morgan fingerprint density at radius 2 is 1.93 bits per heavy atom. The van der Waals surface area contributed by atoms with E-state index >= 15 is 0 Å². The Bertz CT molecular complexity index is 1550. The normalized spacial score (nSPS) is 18.6. The number of nitrogens with zero attached hydrogens (tertiary/aromatic N) is 6. The molecule has 0 N–H and O–H groups in total. The summed E-state index contributed by atoms with van der Waals surface area (Å²) < 4.78 is 39.4. The average Bonchev–Trinajstić information content (AvgIpc) is 3.86. The molecule has 2 aliphatic heterocycles. The molecule has 224 valence electrons. The van der Waals surface area contributed by atoms with Crippen LogP contribution in [0.3, 0.4) is 0 Å². The highest BCUT2D eigenvalue weighted by Gasteiger charge is 2.35. The third-order valence-electron chi connectivity index (χ3n) is 8.10. The molecule has 3 heterocycles. The topological polar surface area (TPSA) is 75.4 Å². The number of aromatic nitrogens is 2. The number of anilines is 2. The Hall–Kier alpha value is -4.30. The molecule has 0 unspecified atom stereocenters. The van der Waals surface area contributed by atoms with Gasteiger partial charge in [0.25, 0.3) is 0 Å². The molecule has 6 rings (SSSR count). The molecule has 2 aromatic carbocycles. The van der Waals surface area contributed by atoms with Crippen LogP contribution in [0.15, 0.2) is 48.6 Å². The lowest BCUT2D eigenvalue weighted by atomic mass is 10.0. The zero-order chi connectivity index (χ0) is 29.8. The van der Waals surface area contributed by atoms with Crippen LogP contribution < -0.4 is 14.5 Å². The van der Waals surface area contributed by atoms with E-state index in [-0.39, 0.29) is 30.3 Å². The lowest BCUT2D eigenvalue weighted by Gasteiger charge is -2.41. The van der Waals surface area contributed by atoms with Crippen LogP contribution in [0.4, 0.5) is 20.3 Å².